The van der Waals surface area contributed by atoms with Gasteiger partial charge in [-0.2, -0.15) is 0 Å². The fourth-order valence-electron chi connectivity index (χ4n) is 3.80. The highest BCUT2D eigenvalue weighted by Crippen LogP contribution is 2.20. The largest absolute Gasteiger partial charge is 0.335 e. The van der Waals surface area contributed by atoms with Crippen molar-refractivity contribution in [1.29, 1.82) is 0 Å². The fraction of sp³-hybridized carbons (Fsp3) is 0.667. The molecule has 1 aliphatic carbocycles. The third-order valence-corrected chi connectivity index (χ3v) is 5.04. The molecule has 1 aliphatic heterocycles. The van der Waals surface area contributed by atoms with Crippen molar-refractivity contribution >= 4 is 5.91 Å². The summed E-state index contributed by atoms with van der Waals surface area (Å²) < 4.78 is 0. The molecular formula is C18H27N3O2. The van der Waals surface area contributed by atoms with Crippen LogP contribution < -0.4 is 10.9 Å². The summed E-state index contributed by atoms with van der Waals surface area (Å²) in [5.74, 6) is -0.0895. The van der Waals surface area contributed by atoms with E-state index < -0.39 is 0 Å². The molecule has 2 N–H and O–H groups in total. The second kappa shape index (κ2) is 7.30. The third-order valence-electron chi connectivity index (χ3n) is 5.04. The molecular weight excluding hydrogens is 290 g/mol. The first-order valence-corrected chi connectivity index (χ1v) is 8.97. The van der Waals surface area contributed by atoms with E-state index in [4.69, 9.17) is 0 Å². The first-order chi connectivity index (χ1) is 11.2. The number of nitrogens with one attached hydrogen (secondary N) is 2. The Morgan fingerprint density at radius 2 is 2.00 bits per heavy atom. The predicted octanol–water partition coefficient (Wildman–Crippen LogP) is 1.86. The number of hydrogen-bond acceptors (Lipinski definition) is 3. The van der Waals surface area contributed by atoms with E-state index in [1.807, 2.05) is 11.0 Å². The third kappa shape index (κ3) is 3.50. The van der Waals surface area contributed by atoms with Gasteiger partial charge in [-0.05, 0) is 69.7 Å². The lowest BCUT2D eigenvalue weighted by atomic mass is 9.94. The highest BCUT2D eigenvalue weighted by molar-refractivity contribution is 5.94. The molecule has 0 bridgehead atoms. The molecule has 2 aliphatic rings. The average Bonchev–Trinajstić information content (AvgIpc) is 2.59. The van der Waals surface area contributed by atoms with Crippen molar-refractivity contribution in [2.75, 3.05) is 19.6 Å². The Morgan fingerprint density at radius 3 is 2.74 bits per heavy atom. The van der Waals surface area contributed by atoms with E-state index in [1.54, 1.807) is 0 Å². The van der Waals surface area contributed by atoms with Crippen LogP contribution in [0.2, 0.25) is 0 Å². The number of aromatic amines is 1. The van der Waals surface area contributed by atoms with Crippen LogP contribution in [-0.4, -0.2) is 41.5 Å². The van der Waals surface area contributed by atoms with Crippen molar-refractivity contribution < 1.29 is 4.79 Å². The number of rotatable bonds is 4. The van der Waals surface area contributed by atoms with Gasteiger partial charge in [0.05, 0.1) is 0 Å². The molecule has 1 amide bonds. The second-order valence-electron chi connectivity index (χ2n) is 6.70. The van der Waals surface area contributed by atoms with Crippen LogP contribution in [0.4, 0.5) is 0 Å². The van der Waals surface area contributed by atoms with Crippen LogP contribution >= 0.6 is 0 Å². The van der Waals surface area contributed by atoms with Crippen LogP contribution in [0.1, 0.15) is 60.6 Å². The molecule has 1 fully saturated rings. The number of fused-ring (bicyclic) bond motifs is 1. The molecule has 0 atom stereocenters. The van der Waals surface area contributed by atoms with Crippen molar-refractivity contribution in [3.63, 3.8) is 0 Å². The summed E-state index contributed by atoms with van der Waals surface area (Å²) in [5.41, 5.74) is 2.30. The molecule has 0 radical (unpaired) electrons. The standard InChI is InChI=1S/C18H27N3O2/c1-2-11-21(14-7-9-19-10-8-14)18(23)15-12-13-5-3-4-6-16(13)20-17(15)22/h12,14,19H,2-11H2,1H3,(H,20,22). The van der Waals surface area contributed by atoms with Crippen LogP contribution in [-0.2, 0) is 12.8 Å². The number of H-pyrrole nitrogens is 1. The quantitative estimate of drug-likeness (QED) is 0.891. The van der Waals surface area contributed by atoms with Gasteiger partial charge in [0.1, 0.15) is 5.56 Å². The summed E-state index contributed by atoms with van der Waals surface area (Å²) in [6.45, 7) is 4.69. The zero-order chi connectivity index (χ0) is 16.2. The molecule has 0 unspecified atom stereocenters. The summed E-state index contributed by atoms with van der Waals surface area (Å²) in [7, 11) is 0. The molecule has 1 saturated heterocycles. The molecule has 0 aromatic carbocycles. The average molecular weight is 317 g/mol. The Labute approximate surface area is 137 Å². The van der Waals surface area contributed by atoms with Gasteiger partial charge in [-0.1, -0.05) is 6.92 Å². The fourth-order valence-corrected chi connectivity index (χ4v) is 3.80. The van der Waals surface area contributed by atoms with Gasteiger partial charge in [-0.15, -0.1) is 0 Å². The minimum atomic E-state index is -0.217. The van der Waals surface area contributed by atoms with E-state index in [2.05, 4.69) is 17.2 Å². The van der Waals surface area contributed by atoms with Crippen molar-refractivity contribution in [1.82, 2.24) is 15.2 Å². The monoisotopic (exact) mass is 317 g/mol. The minimum absolute atomic E-state index is 0.0895. The van der Waals surface area contributed by atoms with Gasteiger partial charge in [0.25, 0.3) is 11.5 Å². The molecule has 3 rings (SSSR count). The van der Waals surface area contributed by atoms with Crippen LogP contribution in [0, 0.1) is 0 Å². The Morgan fingerprint density at radius 1 is 1.26 bits per heavy atom. The smallest absolute Gasteiger partial charge is 0.261 e. The number of carbonyl (C=O) groups excluding carboxylic acids is 1. The summed E-state index contributed by atoms with van der Waals surface area (Å²) in [4.78, 5) is 30.3. The molecule has 0 spiro atoms. The summed E-state index contributed by atoms with van der Waals surface area (Å²) in [6, 6.07) is 2.11. The number of carbonyl (C=O) groups is 1. The van der Waals surface area contributed by atoms with E-state index in [0.29, 0.717) is 5.56 Å². The predicted molar refractivity (Wildman–Crippen MR) is 90.9 cm³/mol. The molecule has 1 aromatic rings. The Hall–Kier alpha value is -1.62. The lowest BCUT2D eigenvalue weighted by Gasteiger charge is -2.34. The number of amides is 1. The summed E-state index contributed by atoms with van der Waals surface area (Å²) in [6.07, 6.45) is 6.99. The zero-order valence-corrected chi connectivity index (χ0v) is 14.0. The van der Waals surface area contributed by atoms with E-state index in [0.717, 1.165) is 75.8 Å². The van der Waals surface area contributed by atoms with Crippen LogP contribution in [0.5, 0.6) is 0 Å². The molecule has 23 heavy (non-hydrogen) atoms. The highest BCUT2D eigenvalue weighted by Gasteiger charge is 2.28. The van der Waals surface area contributed by atoms with Crippen LogP contribution in [0.15, 0.2) is 10.9 Å². The van der Waals surface area contributed by atoms with Gasteiger partial charge in [0, 0.05) is 18.3 Å². The lowest BCUT2D eigenvalue weighted by Crippen LogP contribution is -2.47. The Bertz CT molecular complexity index is 617. The van der Waals surface area contributed by atoms with E-state index in [1.165, 1.54) is 0 Å². The molecule has 2 heterocycles. The van der Waals surface area contributed by atoms with Gasteiger partial charge in [-0.25, -0.2) is 0 Å². The van der Waals surface area contributed by atoms with Gasteiger partial charge in [-0.3, -0.25) is 9.59 Å². The summed E-state index contributed by atoms with van der Waals surface area (Å²) >= 11 is 0. The van der Waals surface area contributed by atoms with E-state index in [9.17, 15) is 9.59 Å². The highest BCUT2D eigenvalue weighted by atomic mass is 16.2. The maximum Gasteiger partial charge on any atom is 0.261 e. The van der Waals surface area contributed by atoms with Gasteiger partial charge in [0.15, 0.2) is 0 Å². The Kier molecular flexibility index (Phi) is 5.16. The zero-order valence-electron chi connectivity index (χ0n) is 14.0. The topological polar surface area (TPSA) is 65.2 Å². The lowest BCUT2D eigenvalue weighted by molar-refractivity contribution is 0.0640. The van der Waals surface area contributed by atoms with Gasteiger partial charge < -0.3 is 15.2 Å². The molecule has 126 valence electrons. The van der Waals surface area contributed by atoms with Crippen molar-refractivity contribution in [3.05, 3.63) is 33.2 Å². The first-order valence-electron chi connectivity index (χ1n) is 8.97. The second-order valence-corrected chi connectivity index (χ2v) is 6.70. The van der Waals surface area contributed by atoms with Gasteiger partial charge >= 0.3 is 0 Å². The van der Waals surface area contributed by atoms with Gasteiger partial charge in [0.2, 0.25) is 0 Å². The van der Waals surface area contributed by atoms with Crippen molar-refractivity contribution in [2.24, 2.45) is 0 Å². The number of aryl methyl sites for hydroxylation is 2. The molecule has 5 heteroatoms. The maximum absolute atomic E-state index is 13.0. The van der Waals surface area contributed by atoms with Crippen molar-refractivity contribution in [3.8, 4) is 0 Å². The molecule has 0 saturated carbocycles. The van der Waals surface area contributed by atoms with Crippen molar-refractivity contribution in [2.45, 2.75) is 57.9 Å². The van der Waals surface area contributed by atoms with E-state index in [-0.39, 0.29) is 17.5 Å². The SMILES string of the molecule is CCCN(C(=O)c1cc2c([nH]c1=O)CCCC2)C1CCNCC1. The van der Waals surface area contributed by atoms with E-state index >= 15 is 0 Å². The number of pyridine rings is 1. The number of piperidine rings is 1. The number of hydrogen-bond donors (Lipinski definition) is 2. The molecule has 5 nitrogen and oxygen atoms in total. The molecule has 1 aromatic heterocycles. The Balaban J connectivity index is 1.88. The summed E-state index contributed by atoms with van der Waals surface area (Å²) in [5, 5.41) is 3.34. The normalized spacial score (nSPS) is 18.5. The number of nitrogens with zero attached hydrogens (tertiary/aromatic N) is 1. The maximum atomic E-state index is 13.0. The first kappa shape index (κ1) is 16.2. The van der Waals surface area contributed by atoms with Crippen LogP contribution in [0.3, 0.4) is 0 Å². The number of aromatic nitrogens is 1. The minimum Gasteiger partial charge on any atom is -0.335 e. The van der Waals surface area contributed by atoms with Crippen LogP contribution in [0.25, 0.3) is 0 Å².